The van der Waals surface area contributed by atoms with E-state index in [1.54, 1.807) is 0 Å². The lowest BCUT2D eigenvalue weighted by Crippen LogP contribution is -2.08. The number of hydrazine groups is 1. The summed E-state index contributed by atoms with van der Waals surface area (Å²) in [6.07, 6.45) is 1.52. The normalized spacial score (nSPS) is 9.00. The van der Waals surface area contributed by atoms with Crippen molar-refractivity contribution in [1.82, 2.24) is 10.2 Å². The Bertz CT molecular complexity index is 179. The first-order valence-corrected chi connectivity index (χ1v) is 2.02. The molecule has 0 aliphatic carbocycles. The van der Waals surface area contributed by atoms with Crippen molar-refractivity contribution >= 4 is 5.82 Å². The zero-order chi connectivity index (χ0) is 5.98. The molecule has 3 N–H and O–H groups in total. The number of hydrogen-bond acceptors (Lipinski definition) is 2. The second-order valence-corrected chi connectivity index (χ2v) is 1.26. The summed E-state index contributed by atoms with van der Waals surface area (Å²) in [4.78, 5) is 10.3. The SMILES string of the molecule is N[N+](=O)c1cc[nH]n1. The standard InChI is InChI=1S/C3H5N4O/c4-7(8)3-1-2-5-6-3/h1-2H,(H2,4,8)(H,5,6)/q+1. The van der Waals surface area contributed by atoms with Crippen molar-refractivity contribution in [2.45, 2.75) is 0 Å². The van der Waals surface area contributed by atoms with Crippen molar-refractivity contribution in [3.8, 4) is 0 Å². The Labute approximate surface area is 45.0 Å². The molecule has 0 radical (unpaired) electrons. The molecule has 0 aliphatic rings. The van der Waals surface area contributed by atoms with Crippen LogP contribution in [0, 0.1) is 4.91 Å². The van der Waals surface area contributed by atoms with Crippen LogP contribution in [0.5, 0.6) is 0 Å². The molecule has 0 unspecified atom stereocenters. The number of H-pyrrole nitrogens is 1. The third-order valence-corrected chi connectivity index (χ3v) is 0.712. The molecule has 1 heterocycles. The van der Waals surface area contributed by atoms with Gasteiger partial charge in [-0.25, -0.2) is 5.84 Å². The van der Waals surface area contributed by atoms with E-state index in [0.717, 1.165) is 0 Å². The maximum Gasteiger partial charge on any atom is 0.413 e. The fourth-order valence-corrected chi connectivity index (χ4v) is 0.375. The van der Waals surface area contributed by atoms with Gasteiger partial charge in [-0.2, -0.15) is 5.10 Å². The summed E-state index contributed by atoms with van der Waals surface area (Å²) in [7, 11) is 0. The number of nitrogens with zero attached hydrogens (tertiary/aromatic N) is 2. The number of nitrogens with two attached hydrogens (primary N) is 1. The average Bonchev–Trinajstić information content (AvgIpc) is 2.12. The minimum atomic E-state index is 0.185. The van der Waals surface area contributed by atoms with Gasteiger partial charge in [-0.3, -0.25) is 0 Å². The molecule has 1 rings (SSSR count). The summed E-state index contributed by atoms with van der Waals surface area (Å²) in [6, 6.07) is 1.48. The molecular weight excluding hydrogens is 108 g/mol. The molecule has 0 atom stereocenters. The van der Waals surface area contributed by atoms with Gasteiger partial charge in [-0.1, -0.05) is 0 Å². The Kier molecular flexibility index (Phi) is 0.957. The summed E-state index contributed by atoms with van der Waals surface area (Å²) < 4.78 is 0. The zero-order valence-electron chi connectivity index (χ0n) is 4.03. The van der Waals surface area contributed by atoms with Crippen LogP contribution >= 0.6 is 0 Å². The van der Waals surface area contributed by atoms with Gasteiger partial charge in [0.15, 0.2) is 0 Å². The molecule has 0 amide bonds. The van der Waals surface area contributed by atoms with Gasteiger partial charge in [0.25, 0.3) is 0 Å². The summed E-state index contributed by atoms with van der Waals surface area (Å²) in [6.45, 7) is 0. The highest BCUT2D eigenvalue weighted by Gasteiger charge is 2.07. The first-order chi connectivity index (χ1) is 3.80. The molecular formula is C3H5N4O+. The molecule has 0 fully saturated rings. The van der Waals surface area contributed by atoms with Crippen LogP contribution in [0.2, 0.25) is 0 Å². The van der Waals surface area contributed by atoms with Crippen molar-refractivity contribution in [3.05, 3.63) is 17.2 Å². The van der Waals surface area contributed by atoms with E-state index < -0.39 is 0 Å². The Balaban J connectivity index is 2.93. The molecule has 1 aromatic heterocycles. The van der Waals surface area contributed by atoms with Gasteiger partial charge in [-0.05, 0) is 4.91 Å². The largest absolute Gasteiger partial charge is 0.413 e. The van der Waals surface area contributed by atoms with Crippen molar-refractivity contribution in [1.29, 1.82) is 0 Å². The highest BCUT2D eigenvalue weighted by Crippen LogP contribution is 1.97. The number of rotatable bonds is 1. The van der Waals surface area contributed by atoms with E-state index >= 15 is 0 Å². The minimum Gasteiger partial charge on any atom is -0.230 e. The van der Waals surface area contributed by atoms with E-state index in [2.05, 4.69) is 10.2 Å². The summed E-state index contributed by atoms with van der Waals surface area (Å²) in [5.41, 5.74) is 0. The zero-order valence-corrected chi connectivity index (χ0v) is 4.03. The maximum absolute atomic E-state index is 10.1. The Morgan fingerprint density at radius 3 is 2.88 bits per heavy atom. The predicted molar refractivity (Wildman–Crippen MR) is 26.1 cm³/mol. The van der Waals surface area contributed by atoms with E-state index in [1.165, 1.54) is 12.3 Å². The first-order valence-electron chi connectivity index (χ1n) is 2.02. The highest BCUT2D eigenvalue weighted by atomic mass is 16.3. The average molecular weight is 113 g/mol. The fourth-order valence-electron chi connectivity index (χ4n) is 0.375. The van der Waals surface area contributed by atoms with Gasteiger partial charge in [0.1, 0.15) is 0 Å². The van der Waals surface area contributed by atoms with Crippen molar-refractivity contribution < 1.29 is 4.87 Å². The molecule has 0 aliphatic heterocycles. The summed E-state index contributed by atoms with van der Waals surface area (Å²) in [5.74, 6) is 4.94. The molecule has 42 valence electrons. The number of nitrogens with one attached hydrogen (secondary N) is 1. The monoisotopic (exact) mass is 113 g/mol. The lowest BCUT2D eigenvalue weighted by Gasteiger charge is -1.70. The first kappa shape index (κ1) is 4.76. The lowest BCUT2D eigenvalue weighted by molar-refractivity contribution is -0.478. The predicted octanol–water partition coefficient (Wildman–Crippen LogP) is -0.306. The maximum atomic E-state index is 10.1. The van der Waals surface area contributed by atoms with Crippen LogP contribution in [-0.4, -0.2) is 15.1 Å². The number of aromatic amines is 1. The Morgan fingerprint density at radius 2 is 2.62 bits per heavy atom. The van der Waals surface area contributed by atoms with Gasteiger partial charge in [0.05, 0.1) is 22.2 Å². The van der Waals surface area contributed by atoms with Crippen LogP contribution in [0.25, 0.3) is 0 Å². The van der Waals surface area contributed by atoms with E-state index in [-0.39, 0.29) is 10.7 Å². The molecule has 0 bridgehead atoms. The third kappa shape index (κ3) is 0.651. The highest BCUT2D eigenvalue weighted by molar-refractivity contribution is 5.11. The van der Waals surface area contributed by atoms with Crippen LogP contribution in [0.3, 0.4) is 0 Å². The van der Waals surface area contributed by atoms with Gasteiger partial charge in [-0.15, -0.1) is 0 Å². The van der Waals surface area contributed by atoms with Crippen LogP contribution in [0.1, 0.15) is 0 Å². The van der Waals surface area contributed by atoms with Gasteiger partial charge in [0, 0.05) is 0 Å². The third-order valence-electron chi connectivity index (χ3n) is 0.712. The molecule has 8 heavy (non-hydrogen) atoms. The Hall–Kier alpha value is -1.39. The van der Waals surface area contributed by atoms with E-state index in [4.69, 9.17) is 5.84 Å². The van der Waals surface area contributed by atoms with E-state index in [9.17, 15) is 4.91 Å². The molecule has 0 spiro atoms. The smallest absolute Gasteiger partial charge is 0.230 e. The van der Waals surface area contributed by atoms with Crippen LogP contribution in [0.15, 0.2) is 12.3 Å². The van der Waals surface area contributed by atoms with Crippen LogP contribution < -0.4 is 5.84 Å². The second-order valence-electron chi connectivity index (χ2n) is 1.26. The lowest BCUT2D eigenvalue weighted by atomic mass is 10.7. The van der Waals surface area contributed by atoms with Crippen molar-refractivity contribution in [2.24, 2.45) is 5.84 Å². The summed E-state index contributed by atoms with van der Waals surface area (Å²) >= 11 is 0. The summed E-state index contributed by atoms with van der Waals surface area (Å²) in [5, 5.41) is 5.92. The van der Waals surface area contributed by atoms with E-state index in [0.29, 0.717) is 0 Å². The molecule has 0 saturated carbocycles. The number of nitroso groups, excluding NO2 is 1. The molecule has 5 heteroatoms. The molecule has 1 aromatic rings. The number of hydrogen-bond donors (Lipinski definition) is 2. The van der Waals surface area contributed by atoms with Crippen molar-refractivity contribution in [3.63, 3.8) is 0 Å². The van der Waals surface area contributed by atoms with Crippen molar-refractivity contribution in [2.75, 3.05) is 0 Å². The number of aromatic nitrogens is 2. The second kappa shape index (κ2) is 1.61. The minimum absolute atomic E-state index is 0.185. The van der Waals surface area contributed by atoms with Crippen LogP contribution in [0.4, 0.5) is 5.82 Å². The van der Waals surface area contributed by atoms with Gasteiger partial charge < -0.3 is 0 Å². The van der Waals surface area contributed by atoms with Gasteiger partial charge >= 0.3 is 5.82 Å². The topological polar surface area (TPSA) is 74.8 Å². The Morgan fingerprint density at radius 1 is 1.88 bits per heavy atom. The quantitative estimate of drug-likeness (QED) is 0.298. The molecule has 5 nitrogen and oxygen atoms in total. The molecule has 0 aromatic carbocycles. The fraction of sp³-hybridized carbons (Fsp3) is 0. The van der Waals surface area contributed by atoms with Gasteiger partial charge in [0.2, 0.25) is 0 Å². The van der Waals surface area contributed by atoms with E-state index in [1.807, 2.05) is 0 Å². The van der Waals surface area contributed by atoms with Crippen LogP contribution in [-0.2, 0) is 0 Å². The molecule has 0 saturated heterocycles.